The lowest BCUT2D eigenvalue weighted by molar-refractivity contribution is 0.254. The second-order valence-corrected chi connectivity index (χ2v) is 8.40. The lowest BCUT2D eigenvalue weighted by Gasteiger charge is -2.29. The van der Waals surface area contributed by atoms with Gasteiger partial charge in [-0.1, -0.05) is 6.07 Å². The zero-order valence-electron chi connectivity index (χ0n) is 14.2. The van der Waals surface area contributed by atoms with Crippen LogP contribution in [-0.4, -0.2) is 39.3 Å². The zero-order chi connectivity index (χ0) is 17.9. The number of ether oxygens (including phenoxy) is 1. The first-order chi connectivity index (χ1) is 12.0. The predicted molar refractivity (Wildman–Crippen MR) is 95.0 cm³/mol. The van der Waals surface area contributed by atoms with Gasteiger partial charge in [0, 0.05) is 13.1 Å². The van der Waals surface area contributed by atoms with Gasteiger partial charge in [0.1, 0.15) is 11.6 Å². The van der Waals surface area contributed by atoms with Crippen LogP contribution in [0.15, 0.2) is 47.4 Å². The molecule has 134 valence electrons. The highest BCUT2D eigenvalue weighted by atomic mass is 32.2. The third kappa shape index (κ3) is 4.38. The number of rotatable bonds is 6. The number of fused-ring (bicyclic) bond motifs is 1. The zero-order valence-corrected chi connectivity index (χ0v) is 15.1. The van der Waals surface area contributed by atoms with Crippen molar-refractivity contribution in [2.45, 2.75) is 24.3 Å². The summed E-state index contributed by atoms with van der Waals surface area (Å²) in [6.07, 6.45) is 1.52. The summed E-state index contributed by atoms with van der Waals surface area (Å²) < 4.78 is 42.8. The highest BCUT2D eigenvalue weighted by Crippen LogP contribution is 2.24. The molecule has 0 radical (unpaired) electrons. The van der Waals surface area contributed by atoms with Crippen LogP contribution in [-0.2, 0) is 22.8 Å². The molecule has 0 spiro atoms. The Morgan fingerprint density at radius 3 is 2.60 bits per heavy atom. The third-order valence-electron chi connectivity index (χ3n) is 4.56. The van der Waals surface area contributed by atoms with Crippen LogP contribution >= 0.6 is 0 Å². The summed E-state index contributed by atoms with van der Waals surface area (Å²) >= 11 is 0. The minimum Gasteiger partial charge on any atom is -0.497 e. The Hall–Kier alpha value is -1.92. The number of nitrogens with zero attached hydrogens (tertiary/aromatic N) is 1. The summed E-state index contributed by atoms with van der Waals surface area (Å²) in [6, 6.07) is 11.1. The van der Waals surface area contributed by atoms with Gasteiger partial charge in [-0.2, -0.15) is 0 Å². The van der Waals surface area contributed by atoms with Crippen molar-refractivity contribution >= 4 is 9.84 Å². The van der Waals surface area contributed by atoms with Gasteiger partial charge >= 0.3 is 0 Å². The van der Waals surface area contributed by atoms with Crippen LogP contribution in [0, 0.1) is 5.82 Å². The normalized spacial score (nSPS) is 15.0. The second-order valence-electron chi connectivity index (χ2n) is 6.29. The average Bonchev–Trinajstić information content (AvgIpc) is 2.61. The molecule has 2 aromatic rings. The van der Waals surface area contributed by atoms with Crippen LogP contribution < -0.4 is 4.74 Å². The van der Waals surface area contributed by atoms with Gasteiger partial charge in [-0.25, -0.2) is 12.8 Å². The van der Waals surface area contributed by atoms with E-state index in [0.717, 1.165) is 31.8 Å². The Bertz CT molecular complexity index is 834. The summed E-state index contributed by atoms with van der Waals surface area (Å²) in [5.41, 5.74) is 2.57. The lowest BCUT2D eigenvalue weighted by atomic mass is 9.99. The molecule has 4 nitrogen and oxygen atoms in total. The van der Waals surface area contributed by atoms with E-state index < -0.39 is 15.7 Å². The summed E-state index contributed by atoms with van der Waals surface area (Å²) in [5, 5.41) is 0. The van der Waals surface area contributed by atoms with Crippen molar-refractivity contribution in [1.29, 1.82) is 0 Å². The van der Waals surface area contributed by atoms with Crippen LogP contribution in [0.25, 0.3) is 0 Å². The van der Waals surface area contributed by atoms with Gasteiger partial charge in [0.25, 0.3) is 0 Å². The number of methoxy groups -OCH3 is 1. The molecule has 0 N–H and O–H groups in total. The maximum absolute atomic E-state index is 12.9. The second kappa shape index (κ2) is 7.54. The summed E-state index contributed by atoms with van der Waals surface area (Å²) in [6.45, 7) is 2.45. The molecular formula is C19H22FNO3S. The molecular weight excluding hydrogens is 341 g/mol. The molecule has 0 atom stereocenters. The number of hydrogen-bond donors (Lipinski definition) is 0. The van der Waals surface area contributed by atoms with E-state index in [1.54, 1.807) is 7.11 Å². The molecule has 0 saturated carbocycles. The van der Waals surface area contributed by atoms with Crippen LogP contribution in [0.4, 0.5) is 4.39 Å². The molecule has 0 unspecified atom stereocenters. The number of sulfone groups is 1. The van der Waals surface area contributed by atoms with E-state index in [1.165, 1.54) is 35.4 Å². The lowest BCUT2D eigenvalue weighted by Crippen LogP contribution is -2.32. The summed E-state index contributed by atoms with van der Waals surface area (Å²) in [5.74, 6) is 0.487. The van der Waals surface area contributed by atoms with Gasteiger partial charge in [0.2, 0.25) is 0 Å². The molecule has 3 rings (SSSR count). The van der Waals surface area contributed by atoms with E-state index in [2.05, 4.69) is 17.0 Å². The summed E-state index contributed by atoms with van der Waals surface area (Å²) in [4.78, 5) is 2.45. The first kappa shape index (κ1) is 17.9. The fourth-order valence-electron chi connectivity index (χ4n) is 3.15. The topological polar surface area (TPSA) is 46.6 Å². The van der Waals surface area contributed by atoms with Crippen molar-refractivity contribution in [3.05, 3.63) is 59.4 Å². The van der Waals surface area contributed by atoms with Crippen molar-refractivity contribution in [1.82, 2.24) is 4.90 Å². The molecule has 0 amide bonds. The van der Waals surface area contributed by atoms with Crippen molar-refractivity contribution in [3.8, 4) is 5.75 Å². The monoisotopic (exact) mass is 363 g/mol. The molecule has 0 bridgehead atoms. The van der Waals surface area contributed by atoms with Crippen LogP contribution in [0.2, 0.25) is 0 Å². The van der Waals surface area contributed by atoms with E-state index in [9.17, 15) is 12.8 Å². The molecule has 0 aliphatic carbocycles. The van der Waals surface area contributed by atoms with Crippen LogP contribution in [0.5, 0.6) is 5.75 Å². The predicted octanol–water partition coefficient (Wildman–Crippen LogP) is 3.06. The van der Waals surface area contributed by atoms with Crippen LogP contribution in [0.1, 0.15) is 17.5 Å². The molecule has 1 aliphatic heterocycles. The Morgan fingerprint density at radius 2 is 1.88 bits per heavy atom. The SMILES string of the molecule is COc1ccc2c(c1)CN(CCCS(=O)(=O)c1ccc(F)cc1)CC2. The number of hydrogen-bond acceptors (Lipinski definition) is 4. The Labute approximate surface area is 148 Å². The fraction of sp³-hybridized carbons (Fsp3) is 0.368. The highest BCUT2D eigenvalue weighted by Gasteiger charge is 2.19. The smallest absolute Gasteiger partial charge is 0.178 e. The maximum atomic E-state index is 12.9. The quantitative estimate of drug-likeness (QED) is 0.740. The van der Waals surface area contributed by atoms with Crippen molar-refractivity contribution in [3.63, 3.8) is 0 Å². The number of halogens is 1. The summed E-state index contributed by atoms with van der Waals surface area (Å²) in [7, 11) is -1.71. The Morgan fingerprint density at radius 1 is 1.12 bits per heavy atom. The standard InChI is InChI=1S/C19H22FNO3S/c1-24-18-6-3-15-9-11-21(14-16(15)13-18)10-2-12-25(22,23)19-7-4-17(20)5-8-19/h3-8,13H,2,9-12,14H2,1H3. The molecule has 2 aromatic carbocycles. The van der Waals surface area contributed by atoms with E-state index in [0.29, 0.717) is 6.42 Å². The molecule has 1 heterocycles. The van der Waals surface area contributed by atoms with Gasteiger partial charge in [0.15, 0.2) is 9.84 Å². The molecule has 25 heavy (non-hydrogen) atoms. The van der Waals surface area contributed by atoms with Crippen molar-refractivity contribution in [2.24, 2.45) is 0 Å². The molecule has 1 aliphatic rings. The first-order valence-corrected chi connectivity index (χ1v) is 9.99. The third-order valence-corrected chi connectivity index (χ3v) is 6.38. The fourth-order valence-corrected chi connectivity index (χ4v) is 4.44. The Balaban J connectivity index is 1.56. The van der Waals surface area contributed by atoms with E-state index in [1.807, 2.05) is 6.07 Å². The van der Waals surface area contributed by atoms with Crippen LogP contribution in [0.3, 0.4) is 0 Å². The molecule has 0 fully saturated rings. The van der Waals surface area contributed by atoms with E-state index in [-0.39, 0.29) is 10.6 Å². The molecule has 0 aromatic heterocycles. The van der Waals surface area contributed by atoms with Gasteiger partial charge < -0.3 is 4.74 Å². The average molecular weight is 363 g/mol. The minimum absolute atomic E-state index is 0.0695. The molecule has 0 saturated heterocycles. The van der Waals surface area contributed by atoms with Crippen molar-refractivity contribution in [2.75, 3.05) is 26.0 Å². The van der Waals surface area contributed by atoms with Gasteiger partial charge in [-0.15, -0.1) is 0 Å². The van der Waals surface area contributed by atoms with E-state index in [4.69, 9.17) is 4.74 Å². The highest BCUT2D eigenvalue weighted by molar-refractivity contribution is 7.91. The van der Waals surface area contributed by atoms with Gasteiger partial charge in [0.05, 0.1) is 17.8 Å². The maximum Gasteiger partial charge on any atom is 0.178 e. The van der Waals surface area contributed by atoms with Gasteiger partial charge in [-0.05, 0) is 66.9 Å². The minimum atomic E-state index is -3.36. The van der Waals surface area contributed by atoms with Crippen molar-refractivity contribution < 1.29 is 17.5 Å². The van der Waals surface area contributed by atoms with Gasteiger partial charge in [-0.3, -0.25) is 4.90 Å². The number of benzene rings is 2. The van der Waals surface area contributed by atoms with E-state index >= 15 is 0 Å². The molecule has 6 heteroatoms. The Kier molecular flexibility index (Phi) is 5.39. The largest absolute Gasteiger partial charge is 0.497 e. The first-order valence-electron chi connectivity index (χ1n) is 8.34.